The topological polar surface area (TPSA) is 76.7 Å². The second-order valence-corrected chi connectivity index (χ2v) is 5.64. The summed E-state index contributed by atoms with van der Waals surface area (Å²) < 4.78 is 10.8. The molecule has 0 fully saturated rings. The van der Waals surface area contributed by atoms with Crippen LogP contribution in [-0.2, 0) is 9.59 Å². The number of rotatable bonds is 8. The van der Waals surface area contributed by atoms with Crippen molar-refractivity contribution in [2.75, 3.05) is 24.4 Å². The van der Waals surface area contributed by atoms with Gasteiger partial charge >= 0.3 is 0 Å². The van der Waals surface area contributed by atoms with Crippen LogP contribution in [-0.4, -0.2) is 25.5 Å². The first-order valence-electron chi connectivity index (χ1n) is 8.75. The van der Waals surface area contributed by atoms with Crippen LogP contribution in [0, 0.1) is 0 Å². The normalized spacial score (nSPS) is 10.5. The molecule has 6 heteroatoms. The Morgan fingerprint density at radius 1 is 0.963 bits per heavy atom. The fourth-order valence-electron chi connectivity index (χ4n) is 2.30. The van der Waals surface area contributed by atoms with E-state index >= 15 is 0 Å². The molecule has 2 aromatic carbocycles. The molecule has 2 N–H and O–H groups in total. The number of hydrogen-bond acceptors (Lipinski definition) is 4. The maximum absolute atomic E-state index is 12.1. The van der Waals surface area contributed by atoms with Gasteiger partial charge in [0.2, 0.25) is 11.8 Å². The average Bonchev–Trinajstić information content (AvgIpc) is 2.68. The summed E-state index contributed by atoms with van der Waals surface area (Å²) >= 11 is 0. The summed E-state index contributed by atoms with van der Waals surface area (Å²) in [5.41, 5.74) is 2.16. The molecule has 0 aliphatic heterocycles. The van der Waals surface area contributed by atoms with Gasteiger partial charge in [0, 0.05) is 23.9 Å². The Balaban J connectivity index is 1.97. The van der Waals surface area contributed by atoms with E-state index < -0.39 is 0 Å². The molecule has 0 saturated carbocycles. The minimum absolute atomic E-state index is 0.0551. The average molecular weight is 368 g/mol. The van der Waals surface area contributed by atoms with Gasteiger partial charge in [-0.05, 0) is 55.0 Å². The standard InChI is InChI=1S/C21H24N2O4/c1-4-20(24)22-16-8-10-17(11-9-16)23-21(25)13-7-15-6-12-18(27-5-2)19(14-15)26-3/h6-14H,4-5H2,1-3H3,(H,22,24)(H,23,25). The van der Waals surface area contributed by atoms with Gasteiger partial charge in [0.25, 0.3) is 0 Å². The summed E-state index contributed by atoms with van der Waals surface area (Å²) in [5, 5.41) is 5.53. The molecule has 0 saturated heterocycles. The Kier molecular flexibility index (Phi) is 7.43. The lowest BCUT2D eigenvalue weighted by Crippen LogP contribution is -2.10. The van der Waals surface area contributed by atoms with Crippen LogP contribution in [0.25, 0.3) is 6.08 Å². The number of benzene rings is 2. The van der Waals surface area contributed by atoms with Crippen LogP contribution in [0.3, 0.4) is 0 Å². The van der Waals surface area contributed by atoms with E-state index in [1.54, 1.807) is 50.4 Å². The highest BCUT2D eigenvalue weighted by atomic mass is 16.5. The van der Waals surface area contributed by atoms with E-state index in [1.807, 2.05) is 19.1 Å². The van der Waals surface area contributed by atoms with Crippen molar-refractivity contribution in [1.29, 1.82) is 0 Å². The first kappa shape index (κ1) is 20.0. The number of nitrogens with one attached hydrogen (secondary N) is 2. The second-order valence-electron chi connectivity index (χ2n) is 5.64. The first-order chi connectivity index (χ1) is 13.0. The van der Waals surface area contributed by atoms with Gasteiger partial charge in [0.1, 0.15) is 0 Å². The van der Waals surface area contributed by atoms with E-state index in [0.717, 1.165) is 5.56 Å². The van der Waals surface area contributed by atoms with Crippen LogP contribution in [0.1, 0.15) is 25.8 Å². The van der Waals surface area contributed by atoms with Crippen molar-refractivity contribution >= 4 is 29.3 Å². The lowest BCUT2D eigenvalue weighted by Gasteiger charge is -2.09. The van der Waals surface area contributed by atoms with Crippen molar-refractivity contribution < 1.29 is 19.1 Å². The predicted octanol–water partition coefficient (Wildman–Crippen LogP) is 4.09. The summed E-state index contributed by atoms with van der Waals surface area (Å²) in [5.74, 6) is 0.967. The predicted molar refractivity (Wildman–Crippen MR) is 107 cm³/mol. The molecule has 0 atom stereocenters. The number of carbonyl (C=O) groups is 2. The van der Waals surface area contributed by atoms with Crippen molar-refractivity contribution in [3.63, 3.8) is 0 Å². The third kappa shape index (κ3) is 6.18. The van der Waals surface area contributed by atoms with Crippen molar-refractivity contribution in [2.24, 2.45) is 0 Å². The van der Waals surface area contributed by atoms with Crippen molar-refractivity contribution in [2.45, 2.75) is 20.3 Å². The smallest absolute Gasteiger partial charge is 0.248 e. The molecule has 27 heavy (non-hydrogen) atoms. The highest BCUT2D eigenvalue weighted by Crippen LogP contribution is 2.28. The minimum atomic E-state index is -0.256. The van der Waals surface area contributed by atoms with E-state index in [0.29, 0.717) is 35.9 Å². The number of carbonyl (C=O) groups excluding carboxylic acids is 2. The van der Waals surface area contributed by atoms with Gasteiger partial charge in [-0.2, -0.15) is 0 Å². The molecule has 2 aromatic rings. The molecule has 2 amide bonds. The number of anilines is 2. The fraction of sp³-hybridized carbons (Fsp3) is 0.238. The van der Waals surface area contributed by atoms with Crippen molar-refractivity contribution in [1.82, 2.24) is 0 Å². The Hall–Kier alpha value is -3.28. The summed E-state index contributed by atoms with van der Waals surface area (Å²) in [6, 6.07) is 12.4. The quantitative estimate of drug-likeness (QED) is 0.688. The van der Waals surface area contributed by atoms with Gasteiger partial charge in [-0.1, -0.05) is 13.0 Å². The second kappa shape index (κ2) is 10.0. The van der Waals surface area contributed by atoms with Crippen LogP contribution >= 0.6 is 0 Å². The molecule has 0 aliphatic carbocycles. The summed E-state index contributed by atoms with van der Waals surface area (Å²) in [6.07, 6.45) is 3.56. The molecule has 142 valence electrons. The largest absolute Gasteiger partial charge is 0.493 e. The first-order valence-corrected chi connectivity index (χ1v) is 8.75. The van der Waals surface area contributed by atoms with Gasteiger partial charge in [-0.3, -0.25) is 9.59 Å². The number of hydrogen-bond donors (Lipinski definition) is 2. The van der Waals surface area contributed by atoms with Gasteiger partial charge in [-0.15, -0.1) is 0 Å². The zero-order valence-electron chi connectivity index (χ0n) is 15.7. The van der Waals surface area contributed by atoms with Crippen LogP contribution in [0.5, 0.6) is 11.5 Å². The maximum atomic E-state index is 12.1. The molecule has 0 aliphatic rings. The molecule has 0 heterocycles. The van der Waals surface area contributed by atoms with Crippen LogP contribution in [0.15, 0.2) is 48.5 Å². The minimum Gasteiger partial charge on any atom is -0.493 e. The zero-order valence-corrected chi connectivity index (χ0v) is 15.7. The summed E-state index contributed by atoms with van der Waals surface area (Å²) in [6.45, 7) is 4.24. The van der Waals surface area contributed by atoms with Crippen LogP contribution in [0.4, 0.5) is 11.4 Å². The highest BCUT2D eigenvalue weighted by molar-refractivity contribution is 6.02. The van der Waals surface area contributed by atoms with Crippen molar-refractivity contribution in [3.8, 4) is 11.5 Å². The molecule has 0 aromatic heterocycles. The van der Waals surface area contributed by atoms with E-state index in [9.17, 15) is 9.59 Å². The molecular weight excluding hydrogens is 344 g/mol. The third-order valence-electron chi connectivity index (χ3n) is 3.67. The van der Waals surface area contributed by atoms with Crippen LogP contribution < -0.4 is 20.1 Å². The fourth-order valence-corrected chi connectivity index (χ4v) is 2.30. The maximum Gasteiger partial charge on any atom is 0.248 e. The molecule has 0 bridgehead atoms. The SMILES string of the molecule is CCOc1ccc(C=CC(=O)Nc2ccc(NC(=O)CC)cc2)cc1OC. The molecule has 2 rings (SSSR count). The zero-order chi connectivity index (χ0) is 19.6. The van der Waals surface area contributed by atoms with E-state index in [-0.39, 0.29) is 11.8 Å². The summed E-state index contributed by atoms with van der Waals surface area (Å²) in [7, 11) is 1.57. The number of methoxy groups -OCH3 is 1. The monoisotopic (exact) mass is 368 g/mol. The van der Waals surface area contributed by atoms with E-state index in [4.69, 9.17) is 9.47 Å². The van der Waals surface area contributed by atoms with Gasteiger partial charge in [0.15, 0.2) is 11.5 Å². The number of ether oxygens (including phenoxy) is 2. The molecule has 0 radical (unpaired) electrons. The molecule has 0 spiro atoms. The van der Waals surface area contributed by atoms with Gasteiger partial charge in [0.05, 0.1) is 13.7 Å². The van der Waals surface area contributed by atoms with E-state index in [1.165, 1.54) is 6.08 Å². The Bertz CT molecular complexity index is 813. The van der Waals surface area contributed by atoms with Crippen molar-refractivity contribution in [3.05, 3.63) is 54.1 Å². The summed E-state index contributed by atoms with van der Waals surface area (Å²) in [4.78, 5) is 23.5. The van der Waals surface area contributed by atoms with Gasteiger partial charge in [-0.25, -0.2) is 0 Å². The molecule has 0 unspecified atom stereocenters. The Morgan fingerprint density at radius 3 is 2.22 bits per heavy atom. The Labute approximate surface area is 159 Å². The van der Waals surface area contributed by atoms with Crippen LogP contribution in [0.2, 0.25) is 0 Å². The Morgan fingerprint density at radius 2 is 1.63 bits per heavy atom. The molecule has 6 nitrogen and oxygen atoms in total. The molecular formula is C21H24N2O4. The lowest BCUT2D eigenvalue weighted by molar-refractivity contribution is -0.116. The third-order valence-corrected chi connectivity index (χ3v) is 3.67. The van der Waals surface area contributed by atoms with Gasteiger partial charge < -0.3 is 20.1 Å². The lowest BCUT2D eigenvalue weighted by atomic mass is 10.2. The van der Waals surface area contributed by atoms with E-state index in [2.05, 4.69) is 10.6 Å². The highest BCUT2D eigenvalue weighted by Gasteiger charge is 2.05. The number of amides is 2.